The highest BCUT2D eigenvalue weighted by Crippen LogP contribution is 2.41. The molecular weight excluding hydrogens is 677 g/mol. The van der Waals surface area contributed by atoms with Crippen molar-refractivity contribution in [3.05, 3.63) is 35.0 Å². The molecule has 4 amide bonds. The summed E-state index contributed by atoms with van der Waals surface area (Å²) in [6.07, 6.45) is 1.80. The van der Waals surface area contributed by atoms with E-state index < -0.39 is 40.9 Å². The Bertz CT molecular complexity index is 1580. The molecule has 2 aromatic rings. The Morgan fingerprint density at radius 2 is 2.11 bits per heavy atom. The standard InChI is InChI=1S/C26H32N10O8S3/c1-5-8-35-24(31-33-34-35)47-11-14-10-45-21-17(20(39)36(21)18(14)22(40)41)30-19(38)16(15-12-46-23(29-15)28-13-37)32-43-9-6-7-27-25(42)44-26(2,3)4/h5,12-13,17,21H,1,6-11H2,2-4H3,(H,27,42)(H,30,38)(H,40,41)(H,28,29,37)/t17?,21-/m1/s1. The van der Waals surface area contributed by atoms with Crippen molar-refractivity contribution in [1.82, 2.24) is 40.7 Å². The predicted octanol–water partition coefficient (Wildman–Crippen LogP) is 1.05. The number of hydrogen-bond donors (Lipinski definition) is 4. The molecular formula is C26H32N10O8S3. The molecule has 4 rings (SSSR count). The van der Waals surface area contributed by atoms with E-state index in [0.717, 1.165) is 16.2 Å². The Morgan fingerprint density at radius 3 is 2.81 bits per heavy atom. The van der Waals surface area contributed by atoms with Gasteiger partial charge in [-0.05, 0) is 36.8 Å². The molecule has 2 aliphatic heterocycles. The van der Waals surface area contributed by atoms with E-state index >= 15 is 0 Å². The topological polar surface area (TPSA) is 232 Å². The van der Waals surface area contributed by atoms with Crippen molar-refractivity contribution in [1.29, 1.82) is 0 Å². The number of amides is 4. The number of ether oxygens (including phenoxy) is 1. The van der Waals surface area contributed by atoms with Gasteiger partial charge < -0.3 is 30.6 Å². The normalized spacial score (nSPS) is 17.7. The van der Waals surface area contributed by atoms with Crippen molar-refractivity contribution < 1.29 is 38.7 Å². The number of hydrogen-bond acceptors (Lipinski definition) is 15. The maximum absolute atomic E-state index is 13.4. The third kappa shape index (κ3) is 9.07. The lowest BCUT2D eigenvalue weighted by Crippen LogP contribution is -2.71. The molecule has 0 aliphatic carbocycles. The molecule has 1 fully saturated rings. The minimum Gasteiger partial charge on any atom is -0.477 e. The number of nitrogens with one attached hydrogen (secondary N) is 3. The maximum atomic E-state index is 13.4. The van der Waals surface area contributed by atoms with Gasteiger partial charge in [-0.1, -0.05) is 23.0 Å². The smallest absolute Gasteiger partial charge is 0.407 e. The molecule has 0 saturated carbocycles. The molecule has 0 bridgehead atoms. The SMILES string of the molecule is C=CCn1nnnc1SCC1=C(C(=O)O)N2C(=O)C(NC(=O)C(=NOCCCNC(=O)OC(C)(C)C)c3csc(NC=O)n3)[C@H]2SC1. The van der Waals surface area contributed by atoms with Crippen molar-refractivity contribution in [2.75, 3.05) is 30.0 Å². The largest absolute Gasteiger partial charge is 0.477 e. The van der Waals surface area contributed by atoms with E-state index in [4.69, 9.17) is 9.57 Å². The number of carboxylic acid groups (broad SMARTS) is 1. The molecule has 0 radical (unpaired) electrons. The average molecular weight is 709 g/mol. The second-order valence-electron chi connectivity index (χ2n) is 10.7. The van der Waals surface area contributed by atoms with Gasteiger partial charge in [0.2, 0.25) is 11.6 Å². The van der Waals surface area contributed by atoms with E-state index in [0.29, 0.717) is 30.1 Å². The zero-order valence-electron chi connectivity index (χ0n) is 25.5. The second kappa shape index (κ2) is 15.9. The third-order valence-corrected chi connectivity index (χ3v) is 9.25. The lowest BCUT2D eigenvalue weighted by atomic mass is 10.0. The van der Waals surface area contributed by atoms with Gasteiger partial charge in [-0.3, -0.25) is 19.3 Å². The Hall–Kier alpha value is -4.50. The van der Waals surface area contributed by atoms with Crippen molar-refractivity contribution in [2.24, 2.45) is 5.16 Å². The van der Waals surface area contributed by atoms with Gasteiger partial charge in [0.15, 0.2) is 10.8 Å². The molecule has 47 heavy (non-hydrogen) atoms. The van der Waals surface area contributed by atoms with Crippen LogP contribution in [-0.2, 0) is 35.3 Å². The summed E-state index contributed by atoms with van der Waals surface area (Å²) in [6.45, 7) is 9.49. The van der Waals surface area contributed by atoms with Crippen LogP contribution in [0.15, 0.2) is 39.6 Å². The fourth-order valence-electron chi connectivity index (χ4n) is 4.15. The van der Waals surface area contributed by atoms with Crippen LogP contribution in [0.2, 0.25) is 0 Å². The molecule has 2 aromatic heterocycles. The van der Waals surface area contributed by atoms with Crippen LogP contribution < -0.4 is 16.0 Å². The maximum Gasteiger partial charge on any atom is 0.407 e. The zero-order valence-corrected chi connectivity index (χ0v) is 27.9. The number of tetrazole rings is 1. The lowest BCUT2D eigenvalue weighted by Gasteiger charge is -2.49. The van der Waals surface area contributed by atoms with Crippen LogP contribution >= 0.6 is 34.9 Å². The van der Waals surface area contributed by atoms with Crippen molar-refractivity contribution in [3.63, 3.8) is 0 Å². The highest BCUT2D eigenvalue weighted by Gasteiger charge is 2.54. The van der Waals surface area contributed by atoms with Crippen molar-refractivity contribution in [2.45, 2.75) is 55.9 Å². The van der Waals surface area contributed by atoms with Gasteiger partial charge in [-0.2, -0.15) is 0 Å². The summed E-state index contributed by atoms with van der Waals surface area (Å²) in [5, 5.41) is 34.5. The summed E-state index contributed by atoms with van der Waals surface area (Å²) < 4.78 is 6.69. The molecule has 21 heteroatoms. The Labute approximate surface area is 280 Å². The number of alkyl carbamates (subject to hydrolysis) is 1. The summed E-state index contributed by atoms with van der Waals surface area (Å²) in [6, 6.07) is -1.05. The number of aliphatic carboxylic acids is 1. The molecule has 1 unspecified atom stereocenters. The summed E-state index contributed by atoms with van der Waals surface area (Å²) in [5.74, 6) is -2.17. The molecule has 18 nitrogen and oxygen atoms in total. The zero-order chi connectivity index (χ0) is 34.1. The summed E-state index contributed by atoms with van der Waals surface area (Å²) >= 11 is 3.57. The minimum atomic E-state index is -1.27. The number of carboxylic acids is 1. The number of aromatic nitrogens is 5. The predicted molar refractivity (Wildman–Crippen MR) is 172 cm³/mol. The molecule has 4 heterocycles. The number of rotatable bonds is 16. The monoisotopic (exact) mass is 708 g/mol. The second-order valence-corrected chi connectivity index (χ2v) is 13.6. The number of carbonyl (C=O) groups excluding carboxylic acids is 4. The molecule has 0 spiro atoms. The van der Waals surface area contributed by atoms with E-state index in [9.17, 15) is 29.1 Å². The first kappa shape index (κ1) is 35.4. The molecule has 1 saturated heterocycles. The number of β-lactam (4-membered cyclic amide) rings is 1. The van der Waals surface area contributed by atoms with Crippen molar-refractivity contribution in [3.8, 4) is 0 Å². The minimum absolute atomic E-state index is 0.0122. The van der Waals surface area contributed by atoms with Crippen LogP contribution in [-0.4, -0.2) is 113 Å². The average Bonchev–Trinajstić information content (AvgIpc) is 3.66. The number of fused-ring (bicyclic) bond motifs is 1. The van der Waals surface area contributed by atoms with Crippen LogP contribution in [0.4, 0.5) is 9.93 Å². The number of allylic oxidation sites excluding steroid dienone is 1. The Morgan fingerprint density at radius 1 is 1.32 bits per heavy atom. The number of carbonyl (C=O) groups is 5. The van der Waals surface area contributed by atoms with Crippen LogP contribution in [0.3, 0.4) is 0 Å². The Balaban J connectivity index is 1.41. The lowest BCUT2D eigenvalue weighted by molar-refractivity contribution is -0.150. The van der Waals surface area contributed by atoms with E-state index in [2.05, 4.69) is 48.2 Å². The molecule has 2 atom stereocenters. The van der Waals surface area contributed by atoms with Crippen LogP contribution in [0.5, 0.6) is 0 Å². The molecule has 0 aromatic carbocycles. The number of thioether (sulfide) groups is 2. The molecule has 252 valence electrons. The number of nitrogens with zero attached hydrogens (tertiary/aromatic N) is 7. The highest BCUT2D eigenvalue weighted by atomic mass is 32.2. The first-order chi connectivity index (χ1) is 22.4. The first-order valence-electron chi connectivity index (χ1n) is 14.0. The van der Waals surface area contributed by atoms with Gasteiger partial charge >= 0.3 is 12.1 Å². The summed E-state index contributed by atoms with van der Waals surface area (Å²) in [5.41, 5.74) is -0.485. The van der Waals surface area contributed by atoms with Crippen LogP contribution in [0.1, 0.15) is 32.9 Å². The van der Waals surface area contributed by atoms with Gasteiger partial charge in [0.1, 0.15) is 35.0 Å². The number of oxime groups is 1. The van der Waals surface area contributed by atoms with E-state index in [1.807, 2.05) is 0 Å². The first-order valence-corrected chi connectivity index (χ1v) is 16.9. The fourth-order valence-corrected chi connectivity index (χ4v) is 7.17. The van der Waals surface area contributed by atoms with Gasteiger partial charge in [0, 0.05) is 29.9 Å². The van der Waals surface area contributed by atoms with E-state index in [1.54, 1.807) is 26.8 Å². The van der Waals surface area contributed by atoms with Gasteiger partial charge in [-0.25, -0.2) is 19.3 Å². The van der Waals surface area contributed by atoms with E-state index in [1.165, 1.54) is 33.6 Å². The van der Waals surface area contributed by atoms with E-state index in [-0.39, 0.29) is 46.9 Å². The summed E-state index contributed by atoms with van der Waals surface area (Å²) in [4.78, 5) is 72.3. The van der Waals surface area contributed by atoms with Gasteiger partial charge in [0.25, 0.3) is 11.8 Å². The fraction of sp³-hybridized carbons (Fsp3) is 0.462. The van der Waals surface area contributed by atoms with Crippen LogP contribution in [0.25, 0.3) is 0 Å². The quantitative estimate of drug-likeness (QED) is 0.0363. The van der Waals surface area contributed by atoms with Crippen LogP contribution in [0, 0.1) is 0 Å². The number of thiazole rings is 1. The third-order valence-electron chi connectivity index (χ3n) is 6.09. The molecule has 4 N–H and O–H groups in total. The van der Waals surface area contributed by atoms with Gasteiger partial charge in [-0.15, -0.1) is 34.8 Å². The molecule has 2 aliphatic rings. The Kier molecular flexibility index (Phi) is 11.9. The number of anilines is 1. The van der Waals surface area contributed by atoms with Crippen molar-refractivity contribution >= 4 is 76.0 Å². The highest BCUT2D eigenvalue weighted by molar-refractivity contribution is 8.01. The van der Waals surface area contributed by atoms with Gasteiger partial charge in [0.05, 0.1) is 6.54 Å². The summed E-state index contributed by atoms with van der Waals surface area (Å²) in [7, 11) is 0.